The highest BCUT2D eigenvalue weighted by atomic mass is 32.2. The molecule has 26 heavy (non-hydrogen) atoms. The van der Waals surface area contributed by atoms with E-state index >= 15 is 0 Å². The molecule has 5 nitrogen and oxygen atoms in total. The standard InChI is InChI=1S/C20H30N2O3S/c21-14-19(15-6-2-1-3-7-15)22-20(23)16-10-12-18(13-11-16)26(24,25)17-8-4-5-9-17/h10-13,15,17,19H,1-9,14,21H2,(H,22,23). The first-order chi connectivity index (χ1) is 12.5. The fraction of sp³-hybridized carbons (Fsp3) is 0.650. The predicted octanol–water partition coefficient (Wildman–Crippen LogP) is 3.04. The average Bonchev–Trinajstić information content (AvgIpc) is 3.22. The molecule has 0 bridgehead atoms. The highest BCUT2D eigenvalue weighted by Gasteiger charge is 2.30. The molecule has 3 rings (SSSR count). The molecule has 3 N–H and O–H groups in total. The second kappa shape index (κ2) is 8.53. The molecule has 0 radical (unpaired) electrons. The third-order valence-electron chi connectivity index (χ3n) is 5.98. The Morgan fingerprint density at radius 2 is 1.58 bits per heavy atom. The van der Waals surface area contributed by atoms with Gasteiger partial charge < -0.3 is 11.1 Å². The number of nitrogens with one attached hydrogen (secondary N) is 1. The lowest BCUT2D eigenvalue weighted by atomic mass is 9.84. The van der Waals surface area contributed by atoms with Crippen LogP contribution < -0.4 is 11.1 Å². The quantitative estimate of drug-likeness (QED) is 0.796. The normalized spacial score (nSPS) is 20.8. The Labute approximate surface area is 156 Å². The van der Waals surface area contributed by atoms with E-state index in [4.69, 9.17) is 5.73 Å². The molecular weight excluding hydrogens is 348 g/mol. The molecule has 2 aliphatic rings. The number of amides is 1. The van der Waals surface area contributed by atoms with Gasteiger partial charge in [0.2, 0.25) is 0 Å². The van der Waals surface area contributed by atoms with Gasteiger partial charge in [0.25, 0.3) is 5.91 Å². The Kier molecular flexibility index (Phi) is 6.35. The fourth-order valence-electron chi connectivity index (χ4n) is 4.34. The van der Waals surface area contributed by atoms with Gasteiger partial charge in [-0.3, -0.25) is 4.79 Å². The van der Waals surface area contributed by atoms with Crippen molar-refractivity contribution in [2.75, 3.05) is 6.54 Å². The molecule has 2 aliphatic carbocycles. The maximum atomic E-state index is 12.6. The summed E-state index contributed by atoms with van der Waals surface area (Å²) in [6, 6.07) is 6.36. The molecule has 2 fully saturated rings. The van der Waals surface area contributed by atoms with E-state index in [2.05, 4.69) is 5.32 Å². The van der Waals surface area contributed by atoms with E-state index in [-0.39, 0.29) is 17.2 Å². The second-order valence-electron chi connectivity index (χ2n) is 7.69. The minimum atomic E-state index is -3.28. The highest BCUT2D eigenvalue weighted by molar-refractivity contribution is 7.92. The summed E-state index contributed by atoms with van der Waals surface area (Å²) in [5, 5.41) is 2.78. The van der Waals surface area contributed by atoms with Crippen molar-refractivity contribution in [3.63, 3.8) is 0 Å². The number of hydrogen-bond acceptors (Lipinski definition) is 4. The molecule has 0 spiro atoms. The van der Waals surface area contributed by atoms with Crippen LogP contribution in [0, 0.1) is 5.92 Å². The molecule has 0 heterocycles. The minimum absolute atomic E-state index is 0.00954. The van der Waals surface area contributed by atoms with Gasteiger partial charge in [-0.05, 0) is 55.9 Å². The molecule has 1 unspecified atom stereocenters. The van der Waals surface area contributed by atoms with Crippen LogP contribution in [0.15, 0.2) is 29.2 Å². The zero-order chi connectivity index (χ0) is 18.6. The lowest BCUT2D eigenvalue weighted by Crippen LogP contribution is -2.45. The van der Waals surface area contributed by atoms with Crippen molar-refractivity contribution in [3.8, 4) is 0 Å². The molecule has 2 saturated carbocycles. The molecule has 6 heteroatoms. The van der Waals surface area contributed by atoms with Gasteiger partial charge in [-0.2, -0.15) is 0 Å². The van der Waals surface area contributed by atoms with Crippen molar-refractivity contribution in [1.82, 2.24) is 5.32 Å². The molecule has 1 amide bonds. The molecular formula is C20H30N2O3S. The van der Waals surface area contributed by atoms with Crippen molar-refractivity contribution >= 4 is 15.7 Å². The van der Waals surface area contributed by atoms with Crippen molar-refractivity contribution < 1.29 is 13.2 Å². The Morgan fingerprint density at radius 1 is 1.00 bits per heavy atom. The van der Waals surface area contributed by atoms with Gasteiger partial charge in [0.05, 0.1) is 10.1 Å². The van der Waals surface area contributed by atoms with E-state index in [9.17, 15) is 13.2 Å². The lowest BCUT2D eigenvalue weighted by Gasteiger charge is -2.30. The monoisotopic (exact) mass is 378 g/mol. The molecule has 0 aliphatic heterocycles. The zero-order valence-electron chi connectivity index (χ0n) is 15.3. The summed E-state index contributed by atoms with van der Waals surface area (Å²) >= 11 is 0. The van der Waals surface area contributed by atoms with Crippen molar-refractivity contribution in [2.45, 2.75) is 74.0 Å². The topological polar surface area (TPSA) is 89.3 Å². The minimum Gasteiger partial charge on any atom is -0.348 e. The smallest absolute Gasteiger partial charge is 0.251 e. The Morgan fingerprint density at radius 3 is 2.15 bits per heavy atom. The van der Waals surface area contributed by atoms with Crippen LogP contribution in [0.25, 0.3) is 0 Å². The van der Waals surface area contributed by atoms with Gasteiger partial charge in [0, 0.05) is 18.2 Å². The SMILES string of the molecule is NCC(NC(=O)c1ccc(S(=O)(=O)C2CCCC2)cc1)C1CCCCC1. The van der Waals surface area contributed by atoms with Crippen LogP contribution in [-0.2, 0) is 9.84 Å². The third kappa shape index (κ3) is 4.29. The van der Waals surface area contributed by atoms with Crippen molar-refractivity contribution in [3.05, 3.63) is 29.8 Å². The van der Waals surface area contributed by atoms with Crippen LogP contribution >= 0.6 is 0 Å². The first kappa shape index (κ1) is 19.4. The molecule has 1 aromatic carbocycles. The summed E-state index contributed by atoms with van der Waals surface area (Å²) < 4.78 is 25.3. The lowest BCUT2D eigenvalue weighted by molar-refractivity contribution is 0.0915. The van der Waals surface area contributed by atoms with E-state index in [1.165, 1.54) is 19.3 Å². The fourth-order valence-corrected chi connectivity index (χ4v) is 6.20. The summed E-state index contributed by atoms with van der Waals surface area (Å²) in [5.74, 6) is 0.274. The van der Waals surface area contributed by atoms with Crippen molar-refractivity contribution in [1.29, 1.82) is 0 Å². The van der Waals surface area contributed by atoms with Gasteiger partial charge in [-0.25, -0.2) is 8.42 Å². The van der Waals surface area contributed by atoms with E-state index < -0.39 is 9.84 Å². The summed E-state index contributed by atoms with van der Waals surface area (Å²) in [4.78, 5) is 12.9. The van der Waals surface area contributed by atoms with E-state index in [0.717, 1.165) is 38.5 Å². The van der Waals surface area contributed by atoms with Gasteiger partial charge in [-0.1, -0.05) is 32.1 Å². The third-order valence-corrected chi connectivity index (χ3v) is 8.25. The summed E-state index contributed by atoms with van der Waals surface area (Å²) in [5.41, 5.74) is 6.38. The van der Waals surface area contributed by atoms with Crippen LogP contribution in [0.5, 0.6) is 0 Å². The van der Waals surface area contributed by atoms with Gasteiger partial charge in [-0.15, -0.1) is 0 Å². The van der Waals surface area contributed by atoms with Crippen LogP contribution in [-0.4, -0.2) is 32.2 Å². The first-order valence-electron chi connectivity index (χ1n) is 9.87. The maximum Gasteiger partial charge on any atom is 0.251 e. The molecule has 0 aromatic heterocycles. The summed E-state index contributed by atoms with van der Waals surface area (Å²) in [6.07, 6.45) is 9.32. The summed E-state index contributed by atoms with van der Waals surface area (Å²) in [7, 11) is -3.28. The number of nitrogens with two attached hydrogens (primary N) is 1. The van der Waals surface area contributed by atoms with Crippen LogP contribution in [0.3, 0.4) is 0 Å². The Balaban J connectivity index is 1.66. The highest BCUT2D eigenvalue weighted by Crippen LogP contribution is 2.30. The zero-order valence-corrected chi connectivity index (χ0v) is 16.1. The van der Waals surface area contributed by atoms with Gasteiger partial charge in [0.15, 0.2) is 9.84 Å². The molecule has 0 saturated heterocycles. The first-order valence-corrected chi connectivity index (χ1v) is 11.4. The number of sulfone groups is 1. The number of rotatable bonds is 6. The number of carbonyl (C=O) groups excluding carboxylic acids is 1. The van der Waals surface area contributed by atoms with Crippen LogP contribution in [0.2, 0.25) is 0 Å². The Bertz CT molecular complexity index is 703. The van der Waals surface area contributed by atoms with Crippen molar-refractivity contribution in [2.24, 2.45) is 11.7 Å². The van der Waals surface area contributed by atoms with Gasteiger partial charge in [0.1, 0.15) is 0 Å². The Hall–Kier alpha value is -1.40. The van der Waals surface area contributed by atoms with Crippen LogP contribution in [0.4, 0.5) is 0 Å². The number of carbonyl (C=O) groups is 1. The van der Waals surface area contributed by atoms with E-state index in [1.807, 2.05) is 0 Å². The predicted molar refractivity (Wildman–Crippen MR) is 103 cm³/mol. The summed E-state index contributed by atoms with van der Waals surface area (Å²) in [6.45, 7) is 0.435. The van der Waals surface area contributed by atoms with E-state index in [0.29, 0.717) is 22.9 Å². The van der Waals surface area contributed by atoms with E-state index in [1.54, 1.807) is 24.3 Å². The number of hydrogen-bond donors (Lipinski definition) is 2. The molecule has 1 atom stereocenters. The van der Waals surface area contributed by atoms with Crippen LogP contribution in [0.1, 0.15) is 68.1 Å². The second-order valence-corrected chi connectivity index (χ2v) is 9.92. The number of benzene rings is 1. The largest absolute Gasteiger partial charge is 0.348 e. The maximum absolute atomic E-state index is 12.6. The molecule has 1 aromatic rings. The molecule has 144 valence electrons. The average molecular weight is 379 g/mol. The van der Waals surface area contributed by atoms with Gasteiger partial charge >= 0.3 is 0 Å².